The molecule has 0 atom stereocenters. The third kappa shape index (κ3) is 1.90. The maximum absolute atomic E-state index is 12.9. The molecule has 0 aliphatic heterocycles. The Kier molecular flexibility index (Phi) is 3.14. The summed E-state index contributed by atoms with van der Waals surface area (Å²) in [6.07, 6.45) is 4.10. The Morgan fingerprint density at radius 2 is 1.88 bits per heavy atom. The van der Waals surface area contributed by atoms with E-state index in [1.54, 1.807) is 6.92 Å². The van der Waals surface area contributed by atoms with Gasteiger partial charge in [0.1, 0.15) is 33.9 Å². The molecule has 1 aliphatic rings. The van der Waals surface area contributed by atoms with Gasteiger partial charge >= 0.3 is 5.97 Å². The monoisotopic (exact) mass is 337 g/mol. The van der Waals surface area contributed by atoms with Gasteiger partial charge in [-0.15, -0.1) is 0 Å². The van der Waals surface area contributed by atoms with Crippen molar-refractivity contribution in [3.05, 3.63) is 58.9 Å². The van der Waals surface area contributed by atoms with Crippen LogP contribution in [0.25, 0.3) is 5.52 Å². The quantitative estimate of drug-likeness (QED) is 0.550. The summed E-state index contributed by atoms with van der Waals surface area (Å²) >= 11 is 0. The average molecular weight is 337 g/mol. The van der Waals surface area contributed by atoms with Crippen LogP contribution in [-0.4, -0.2) is 43.6 Å². The van der Waals surface area contributed by atoms with E-state index >= 15 is 0 Å². The molecule has 4 rings (SSSR count). The molecule has 8 nitrogen and oxygen atoms in total. The van der Waals surface area contributed by atoms with E-state index in [9.17, 15) is 19.5 Å². The van der Waals surface area contributed by atoms with E-state index in [0.717, 1.165) is 0 Å². The summed E-state index contributed by atoms with van der Waals surface area (Å²) in [5, 5.41) is 10.2. The van der Waals surface area contributed by atoms with Crippen LogP contribution >= 0.6 is 0 Å². The third-order valence-corrected chi connectivity index (χ3v) is 3.99. The molecular weight excluding hydrogens is 326 g/mol. The lowest BCUT2D eigenvalue weighted by atomic mass is 9.92. The molecule has 0 fully saturated rings. The third-order valence-electron chi connectivity index (χ3n) is 3.99. The summed E-state index contributed by atoms with van der Waals surface area (Å²) in [6.45, 7) is 1.70. The van der Waals surface area contributed by atoms with Crippen LogP contribution in [0, 0.1) is 0 Å². The summed E-state index contributed by atoms with van der Waals surface area (Å²) in [7, 11) is 0. The van der Waals surface area contributed by atoms with Gasteiger partial charge in [-0.3, -0.25) is 9.59 Å². The van der Waals surface area contributed by atoms with Gasteiger partial charge in [-0.25, -0.2) is 14.8 Å². The minimum Gasteiger partial charge on any atom is -0.506 e. The molecule has 3 aromatic rings. The number of fused-ring (bicyclic) bond motifs is 4. The molecule has 1 N–H and O–H groups in total. The highest BCUT2D eigenvalue weighted by Crippen LogP contribution is 2.36. The molecule has 0 aromatic carbocycles. The Morgan fingerprint density at radius 3 is 2.56 bits per heavy atom. The van der Waals surface area contributed by atoms with Crippen molar-refractivity contribution >= 4 is 23.1 Å². The number of rotatable bonds is 2. The first-order chi connectivity index (χ1) is 12.1. The van der Waals surface area contributed by atoms with E-state index < -0.39 is 17.5 Å². The molecule has 0 saturated heterocycles. The molecule has 3 aromatic heterocycles. The van der Waals surface area contributed by atoms with Crippen molar-refractivity contribution in [1.82, 2.24) is 14.4 Å². The number of aromatic hydroxyl groups is 1. The second-order valence-electron chi connectivity index (χ2n) is 5.34. The van der Waals surface area contributed by atoms with Crippen LogP contribution in [0.5, 0.6) is 5.75 Å². The Bertz CT molecular complexity index is 1080. The Morgan fingerprint density at radius 1 is 1.20 bits per heavy atom. The predicted molar refractivity (Wildman–Crippen MR) is 83.9 cm³/mol. The number of esters is 1. The Hall–Kier alpha value is -3.55. The number of ketones is 2. The van der Waals surface area contributed by atoms with Gasteiger partial charge < -0.3 is 14.2 Å². The zero-order valence-corrected chi connectivity index (χ0v) is 13.0. The first-order valence-electron chi connectivity index (χ1n) is 7.49. The van der Waals surface area contributed by atoms with Crippen molar-refractivity contribution in [2.45, 2.75) is 6.92 Å². The number of ether oxygens (including phenoxy) is 1. The highest BCUT2D eigenvalue weighted by molar-refractivity contribution is 6.30. The first kappa shape index (κ1) is 15.0. The fraction of sp³-hybridized carbons (Fsp3) is 0.118. The number of carbonyl (C=O) groups excluding carboxylic acids is 3. The largest absolute Gasteiger partial charge is 0.506 e. The van der Waals surface area contributed by atoms with E-state index in [2.05, 4.69) is 9.97 Å². The van der Waals surface area contributed by atoms with Gasteiger partial charge in [0.2, 0.25) is 11.6 Å². The number of pyridine rings is 1. The molecule has 0 amide bonds. The zero-order chi connectivity index (χ0) is 17.7. The van der Waals surface area contributed by atoms with Gasteiger partial charge in [0.25, 0.3) is 0 Å². The molecule has 25 heavy (non-hydrogen) atoms. The lowest BCUT2D eigenvalue weighted by Gasteiger charge is -2.13. The van der Waals surface area contributed by atoms with Crippen LogP contribution in [-0.2, 0) is 4.74 Å². The smallest absolute Gasteiger partial charge is 0.341 e. The highest BCUT2D eigenvalue weighted by atomic mass is 16.5. The first-order valence-corrected chi connectivity index (χ1v) is 7.49. The molecule has 8 heteroatoms. The van der Waals surface area contributed by atoms with Crippen molar-refractivity contribution in [2.24, 2.45) is 0 Å². The molecule has 0 radical (unpaired) electrons. The van der Waals surface area contributed by atoms with Gasteiger partial charge in [0.15, 0.2) is 0 Å². The molecule has 0 saturated carbocycles. The highest BCUT2D eigenvalue weighted by Gasteiger charge is 2.40. The Labute approximate surface area is 140 Å². The summed E-state index contributed by atoms with van der Waals surface area (Å²) in [5.74, 6) is -2.19. The van der Waals surface area contributed by atoms with Gasteiger partial charge in [-0.05, 0) is 19.1 Å². The Balaban J connectivity index is 2.15. The van der Waals surface area contributed by atoms with Crippen molar-refractivity contribution < 1.29 is 24.2 Å². The summed E-state index contributed by atoms with van der Waals surface area (Å²) < 4.78 is 6.34. The lowest BCUT2D eigenvalue weighted by Crippen LogP contribution is -2.25. The number of hydrogen-bond acceptors (Lipinski definition) is 7. The maximum atomic E-state index is 12.9. The van der Waals surface area contributed by atoms with Crippen LogP contribution < -0.4 is 0 Å². The molecule has 0 bridgehead atoms. The molecule has 3 heterocycles. The average Bonchev–Trinajstić information content (AvgIpc) is 2.97. The van der Waals surface area contributed by atoms with Gasteiger partial charge in [-0.1, -0.05) is 0 Å². The standard InChI is InChI=1S/C17H11N3O5/c1-2-25-17(24)10-9-14(20-7-3-4-8(21)13(10)20)16(23)12-11(15(9)22)18-5-6-19-12/h3-7,21H,2H2,1H3. The van der Waals surface area contributed by atoms with Crippen molar-refractivity contribution in [2.75, 3.05) is 6.61 Å². The zero-order valence-electron chi connectivity index (χ0n) is 13.0. The van der Waals surface area contributed by atoms with Crippen molar-refractivity contribution in [1.29, 1.82) is 0 Å². The number of hydrogen-bond donors (Lipinski definition) is 1. The van der Waals surface area contributed by atoms with Gasteiger partial charge in [0, 0.05) is 18.6 Å². The predicted octanol–water partition coefficient (Wildman–Crippen LogP) is 1.39. The van der Waals surface area contributed by atoms with Gasteiger partial charge in [0.05, 0.1) is 12.2 Å². The van der Waals surface area contributed by atoms with E-state index in [0.29, 0.717) is 0 Å². The second kappa shape index (κ2) is 5.23. The van der Waals surface area contributed by atoms with E-state index in [-0.39, 0.29) is 46.1 Å². The molecule has 124 valence electrons. The van der Waals surface area contributed by atoms with Gasteiger partial charge in [-0.2, -0.15) is 0 Å². The second-order valence-corrected chi connectivity index (χ2v) is 5.34. The summed E-state index contributed by atoms with van der Waals surface area (Å²) in [5.41, 5.74) is -0.478. The van der Waals surface area contributed by atoms with Crippen molar-refractivity contribution in [3.8, 4) is 5.75 Å². The van der Waals surface area contributed by atoms with Crippen LogP contribution in [0.15, 0.2) is 30.7 Å². The number of nitrogens with zero attached hydrogens (tertiary/aromatic N) is 3. The van der Waals surface area contributed by atoms with Crippen LogP contribution in [0.4, 0.5) is 0 Å². The topological polar surface area (TPSA) is 111 Å². The maximum Gasteiger partial charge on any atom is 0.341 e. The van der Waals surface area contributed by atoms with E-state index in [1.165, 1.54) is 35.1 Å². The minimum absolute atomic E-state index is 0.0352. The molecule has 0 spiro atoms. The summed E-state index contributed by atoms with van der Waals surface area (Å²) in [6, 6.07) is 2.86. The van der Waals surface area contributed by atoms with E-state index in [4.69, 9.17) is 4.74 Å². The van der Waals surface area contributed by atoms with E-state index in [1.807, 2.05) is 0 Å². The van der Waals surface area contributed by atoms with Crippen LogP contribution in [0.1, 0.15) is 49.5 Å². The molecule has 1 aliphatic carbocycles. The number of carbonyl (C=O) groups is 3. The SMILES string of the molecule is CCOC(=O)c1c2c(n3cccc(O)c13)C(=O)c1nccnc1C2=O. The minimum atomic E-state index is -0.795. The number of aromatic nitrogens is 3. The van der Waals surface area contributed by atoms with Crippen LogP contribution in [0.3, 0.4) is 0 Å². The molecular formula is C17H11N3O5. The van der Waals surface area contributed by atoms with Crippen molar-refractivity contribution in [3.63, 3.8) is 0 Å². The molecule has 0 unspecified atom stereocenters. The summed E-state index contributed by atoms with van der Waals surface area (Å²) in [4.78, 5) is 46.1. The van der Waals surface area contributed by atoms with Crippen LogP contribution in [0.2, 0.25) is 0 Å². The fourth-order valence-corrected chi connectivity index (χ4v) is 3.04. The fourth-order valence-electron chi connectivity index (χ4n) is 3.04. The lowest BCUT2D eigenvalue weighted by molar-refractivity contribution is 0.0525. The normalized spacial score (nSPS) is 12.8.